The molecule has 4 nitrogen and oxygen atoms in total. The van der Waals surface area contributed by atoms with Crippen LogP contribution >= 0.6 is 0 Å². The average molecular weight is 265 g/mol. The Labute approximate surface area is 117 Å². The first kappa shape index (κ1) is 12.6. The molecule has 0 aliphatic carbocycles. The molecule has 0 amide bonds. The lowest BCUT2D eigenvalue weighted by atomic mass is 10.1. The van der Waals surface area contributed by atoms with E-state index < -0.39 is 0 Å². The molecule has 3 aromatic rings. The minimum atomic E-state index is 0.508. The fourth-order valence-electron chi connectivity index (χ4n) is 2.10. The summed E-state index contributed by atoms with van der Waals surface area (Å²) in [4.78, 5) is 8.57. The largest absolute Gasteiger partial charge is 0.437 e. The van der Waals surface area contributed by atoms with Gasteiger partial charge < -0.3 is 10.1 Å². The molecule has 0 fully saturated rings. The van der Waals surface area contributed by atoms with Crippen LogP contribution in [0.5, 0.6) is 11.6 Å². The van der Waals surface area contributed by atoms with E-state index in [9.17, 15) is 0 Å². The van der Waals surface area contributed by atoms with Crippen LogP contribution in [0.4, 0.5) is 0 Å². The highest BCUT2D eigenvalue weighted by molar-refractivity contribution is 5.88. The Balaban J connectivity index is 1.95. The first-order chi connectivity index (χ1) is 9.86. The van der Waals surface area contributed by atoms with Gasteiger partial charge in [-0.05, 0) is 18.5 Å². The van der Waals surface area contributed by atoms with Crippen LogP contribution in [-0.4, -0.2) is 17.0 Å². The van der Waals surface area contributed by atoms with Gasteiger partial charge >= 0.3 is 0 Å². The number of hydrogen-bond acceptors (Lipinski definition) is 4. The summed E-state index contributed by atoms with van der Waals surface area (Å²) in [6, 6.07) is 14.1. The fraction of sp³-hybridized carbons (Fsp3) is 0.125. The summed E-state index contributed by atoms with van der Waals surface area (Å²) in [6.45, 7) is 0.666. The van der Waals surface area contributed by atoms with E-state index in [1.807, 2.05) is 37.4 Å². The Hall–Kier alpha value is -2.46. The van der Waals surface area contributed by atoms with E-state index in [1.165, 1.54) is 0 Å². The average Bonchev–Trinajstić information content (AvgIpc) is 2.48. The molecule has 100 valence electrons. The third kappa shape index (κ3) is 2.60. The highest BCUT2D eigenvalue weighted by Crippen LogP contribution is 2.28. The zero-order valence-corrected chi connectivity index (χ0v) is 11.2. The summed E-state index contributed by atoms with van der Waals surface area (Å²) in [5.74, 6) is 1.30. The van der Waals surface area contributed by atoms with E-state index in [-0.39, 0.29) is 0 Å². The summed E-state index contributed by atoms with van der Waals surface area (Å²) in [5, 5.41) is 5.26. The normalized spacial score (nSPS) is 10.7. The van der Waals surface area contributed by atoms with Crippen molar-refractivity contribution in [3.63, 3.8) is 0 Å². The number of aromatic nitrogens is 2. The highest BCUT2D eigenvalue weighted by Gasteiger charge is 2.05. The molecule has 0 aliphatic heterocycles. The lowest BCUT2D eigenvalue weighted by molar-refractivity contribution is 0.462. The van der Waals surface area contributed by atoms with Crippen molar-refractivity contribution in [1.29, 1.82) is 0 Å². The fourth-order valence-corrected chi connectivity index (χ4v) is 2.10. The quantitative estimate of drug-likeness (QED) is 0.787. The van der Waals surface area contributed by atoms with Crippen LogP contribution in [-0.2, 0) is 6.54 Å². The summed E-state index contributed by atoms with van der Waals surface area (Å²) < 4.78 is 5.88. The first-order valence-corrected chi connectivity index (χ1v) is 6.48. The summed E-state index contributed by atoms with van der Waals surface area (Å²) in [6.07, 6.45) is 3.35. The molecule has 0 unspecified atom stereocenters. The molecule has 0 bridgehead atoms. The van der Waals surface area contributed by atoms with E-state index in [1.54, 1.807) is 12.4 Å². The van der Waals surface area contributed by atoms with Crippen molar-refractivity contribution in [1.82, 2.24) is 15.3 Å². The second-order valence-corrected chi connectivity index (χ2v) is 4.46. The summed E-state index contributed by atoms with van der Waals surface area (Å²) in [5.41, 5.74) is 0.852. The molecule has 2 aromatic carbocycles. The van der Waals surface area contributed by atoms with Gasteiger partial charge in [-0.3, -0.25) is 4.98 Å². The third-order valence-electron chi connectivity index (χ3n) is 2.98. The van der Waals surface area contributed by atoms with Crippen LogP contribution in [0.2, 0.25) is 0 Å². The van der Waals surface area contributed by atoms with Gasteiger partial charge in [-0.2, -0.15) is 0 Å². The van der Waals surface area contributed by atoms with Crippen LogP contribution in [0.25, 0.3) is 10.8 Å². The van der Waals surface area contributed by atoms with E-state index in [0.717, 1.165) is 22.2 Å². The number of nitrogens with one attached hydrogen (secondary N) is 1. The Morgan fingerprint density at radius 1 is 1.05 bits per heavy atom. The minimum Gasteiger partial charge on any atom is -0.437 e. The Kier molecular flexibility index (Phi) is 3.56. The molecule has 0 saturated heterocycles. The third-order valence-corrected chi connectivity index (χ3v) is 2.98. The number of nitrogens with zero attached hydrogens (tertiary/aromatic N) is 2. The van der Waals surface area contributed by atoms with Crippen molar-refractivity contribution in [3.8, 4) is 11.6 Å². The van der Waals surface area contributed by atoms with Crippen molar-refractivity contribution < 1.29 is 4.74 Å². The Morgan fingerprint density at radius 3 is 2.80 bits per heavy atom. The molecule has 0 aliphatic rings. The maximum Gasteiger partial charge on any atom is 0.238 e. The zero-order valence-electron chi connectivity index (χ0n) is 11.2. The van der Waals surface area contributed by atoms with Gasteiger partial charge in [-0.1, -0.05) is 36.4 Å². The predicted octanol–water partition coefficient (Wildman–Crippen LogP) is 3.14. The first-order valence-electron chi connectivity index (χ1n) is 6.48. The van der Waals surface area contributed by atoms with Crippen LogP contribution in [0.15, 0.2) is 54.9 Å². The van der Waals surface area contributed by atoms with Gasteiger partial charge in [0.1, 0.15) is 5.75 Å². The molecule has 1 N–H and O–H groups in total. The predicted molar refractivity (Wildman–Crippen MR) is 78.8 cm³/mol. The number of rotatable bonds is 4. The molecule has 0 spiro atoms. The molecular weight excluding hydrogens is 250 g/mol. The monoisotopic (exact) mass is 265 g/mol. The van der Waals surface area contributed by atoms with Gasteiger partial charge in [0.15, 0.2) is 0 Å². The van der Waals surface area contributed by atoms with Gasteiger partial charge in [-0.15, -0.1) is 0 Å². The van der Waals surface area contributed by atoms with Crippen molar-refractivity contribution in [2.75, 3.05) is 7.05 Å². The van der Waals surface area contributed by atoms with E-state index >= 15 is 0 Å². The van der Waals surface area contributed by atoms with Gasteiger partial charge in [0.05, 0.1) is 11.9 Å². The highest BCUT2D eigenvalue weighted by atomic mass is 16.5. The molecular formula is C16H15N3O. The lowest BCUT2D eigenvalue weighted by Gasteiger charge is -2.08. The van der Waals surface area contributed by atoms with Crippen molar-refractivity contribution >= 4 is 10.8 Å². The topological polar surface area (TPSA) is 47.0 Å². The number of benzene rings is 2. The smallest absolute Gasteiger partial charge is 0.238 e. The molecule has 20 heavy (non-hydrogen) atoms. The van der Waals surface area contributed by atoms with Gasteiger partial charge in [-0.25, -0.2) is 4.98 Å². The molecule has 1 aromatic heterocycles. The van der Waals surface area contributed by atoms with Crippen molar-refractivity contribution in [3.05, 3.63) is 60.6 Å². The number of ether oxygens (including phenoxy) is 1. The van der Waals surface area contributed by atoms with Crippen LogP contribution in [0.3, 0.4) is 0 Å². The molecule has 1 heterocycles. The maximum atomic E-state index is 5.88. The van der Waals surface area contributed by atoms with Gasteiger partial charge in [0, 0.05) is 18.1 Å². The van der Waals surface area contributed by atoms with Crippen molar-refractivity contribution in [2.24, 2.45) is 0 Å². The Morgan fingerprint density at radius 2 is 1.90 bits per heavy atom. The van der Waals surface area contributed by atoms with Crippen LogP contribution in [0, 0.1) is 0 Å². The van der Waals surface area contributed by atoms with Gasteiger partial charge in [0.25, 0.3) is 0 Å². The molecule has 0 atom stereocenters. The van der Waals surface area contributed by atoms with Crippen LogP contribution < -0.4 is 10.1 Å². The number of fused-ring (bicyclic) bond motifs is 1. The van der Waals surface area contributed by atoms with E-state index in [4.69, 9.17) is 4.74 Å². The van der Waals surface area contributed by atoms with Crippen molar-refractivity contribution in [2.45, 2.75) is 6.54 Å². The second kappa shape index (κ2) is 5.67. The van der Waals surface area contributed by atoms with E-state index in [0.29, 0.717) is 12.4 Å². The molecule has 4 heteroatoms. The van der Waals surface area contributed by atoms with E-state index in [2.05, 4.69) is 27.4 Å². The Bertz CT molecular complexity index is 722. The summed E-state index contributed by atoms with van der Waals surface area (Å²) in [7, 11) is 1.87. The molecule has 0 saturated carbocycles. The standard InChI is InChI=1S/C16H15N3O/c1-17-9-13-10-18-11-16(19-13)20-15-8-4-6-12-5-2-3-7-14(12)15/h2-8,10-11,17H,9H2,1H3. The zero-order chi connectivity index (χ0) is 13.8. The summed E-state index contributed by atoms with van der Waals surface area (Å²) >= 11 is 0. The second-order valence-electron chi connectivity index (χ2n) is 4.46. The molecule has 3 rings (SSSR count). The molecule has 0 radical (unpaired) electrons. The van der Waals surface area contributed by atoms with Crippen LogP contribution in [0.1, 0.15) is 5.69 Å². The minimum absolute atomic E-state index is 0.508. The van der Waals surface area contributed by atoms with Gasteiger partial charge in [0.2, 0.25) is 5.88 Å². The lowest BCUT2D eigenvalue weighted by Crippen LogP contribution is -2.07. The number of hydrogen-bond donors (Lipinski definition) is 1. The SMILES string of the molecule is CNCc1cncc(Oc2cccc3ccccc23)n1. The maximum absolute atomic E-state index is 5.88.